The van der Waals surface area contributed by atoms with Crippen LogP contribution < -0.4 is 9.46 Å². The SMILES string of the molecule is Cc1ccc(NS(=O)(=O)c2ccc(OCC(=O)N(C)Cc3ccccc3F)cc2)cc1. The summed E-state index contributed by atoms with van der Waals surface area (Å²) in [7, 11) is -2.18. The van der Waals surface area contributed by atoms with Crippen LogP contribution in [0.2, 0.25) is 0 Å². The average molecular weight is 443 g/mol. The highest BCUT2D eigenvalue weighted by Gasteiger charge is 2.15. The van der Waals surface area contributed by atoms with Crippen LogP contribution in [0.25, 0.3) is 0 Å². The number of rotatable bonds is 8. The lowest BCUT2D eigenvalue weighted by Gasteiger charge is -2.18. The van der Waals surface area contributed by atoms with E-state index in [-0.39, 0.29) is 29.8 Å². The van der Waals surface area contributed by atoms with Crippen LogP contribution in [0.1, 0.15) is 11.1 Å². The summed E-state index contributed by atoms with van der Waals surface area (Å²) >= 11 is 0. The molecule has 0 radical (unpaired) electrons. The smallest absolute Gasteiger partial charge is 0.261 e. The monoisotopic (exact) mass is 442 g/mol. The molecule has 0 aliphatic heterocycles. The van der Waals surface area contributed by atoms with Crippen molar-refractivity contribution in [1.29, 1.82) is 0 Å². The van der Waals surface area contributed by atoms with Gasteiger partial charge < -0.3 is 9.64 Å². The summed E-state index contributed by atoms with van der Waals surface area (Å²) in [5.74, 6) is -0.359. The molecule has 0 fully saturated rings. The number of carbonyl (C=O) groups excluding carboxylic acids is 1. The molecule has 3 rings (SSSR count). The quantitative estimate of drug-likeness (QED) is 0.573. The molecular formula is C23H23FN2O4S. The fraction of sp³-hybridized carbons (Fsp3) is 0.174. The molecule has 162 valence electrons. The normalized spacial score (nSPS) is 11.1. The molecule has 0 aromatic heterocycles. The van der Waals surface area contributed by atoms with E-state index in [9.17, 15) is 17.6 Å². The van der Waals surface area contributed by atoms with Crippen LogP contribution in [0.3, 0.4) is 0 Å². The molecule has 6 nitrogen and oxygen atoms in total. The van der Waals surface area contributed by atoms with Gasteiger partial charge in [-0.3, -0.25) is 9.52 Å². The molecule has 31 heavy (non-hydrogen) atoms. The molecule has 0 aliphatic rings. The summed E-state index contributed by atoms with van der Waals surface area (Å²) in [6, 6.07) is 19.0. The van der Waals surface area contributed by atoms with Crippen molar-refractivity contribution in [3.8, 4) is 5.75 Å². The number of aryl methyl sites for hydroxylation is 1. The van der Waals surface area contributed by atoms with Gasteiger partial charge in [-0.25, -0.2) is 12.8 Å². The molecule has 3 aromatic carbocycles. The van der Waals surface area contributed by atoms with E-state index in [0.29, 0.717) is 17.0 Å². The highest BCUT2D eigenvalue weighted by atomic mass is 32.2. The first-order valence-electron chi connectivity index (χ1n) is 9.54. The summed E-state index contributed by atoms with van der Waals surface area (Å²) in [4.78, 5) is 13.7. The second-order valence-corrected chi connectivity index (χ2v) is 8.76. The van der Waals surface area contributed by atoms with Gasteiger partial charge in [0, 0.05) is 24.8 Å². The Morgan fingerprint density at radius 2 is 1.65 bits per heavy atom. The zero-order valence-electron chi connectivity index (χ0n) is 17.2. The number of hydrogen-bond acceptors (Lipinski definition) is 4. The van der Waals surface area contributed by atoms with Gasteiger partial charge in [-0.2, -0.15) is 0 Å². The third-order valence-electron chi connectivity index (χ3n) is 4.59. The predicted molar refractivity (Wildman–Crippen MR) is 117 cm³/mol. The minimum Gasteiger partial charge on any atom is -0.484 e. The van der Waals surface area contributed by atoms with Crippen molar-refractivity contribution in [1.82, 2.24) is 4.90 Å². The van der Waals surface area contributed by atoms with Crippen LogP contribution in [0.15, 0.2) is 77.7 Å². The molecule has 8 heteroatoms. The van der Waals surface area contributed by atoms with Crippen molar-refractivity contribution in [2.24, 2.45) is 0 Å². The Balaban J connectivity index is 1.56. The Labute approximate surface area is 181 Å². The maximum Gasteiger partial charge on any atom is 0.261 e. The van der Waals surface area contributed by atoms with Crippen LogP contribution in [0.5, 0.6) is 5.75 Å². The first-order chi connectivity index (χ1) is 14.7. The molecule has 0 saturated heterocycles. The number of anilines is 1. The Morgan fingerprint density at radius 1 is 1.00 bits per heavy atom. The van der Waals surface area contributed by atoms with Gasteiger partial charge in [-0.1, -0.05) is 35.9 Å². The fourth-order valence-corrected chi connectivity index (χ4v) is 3.83. The van der Waals surface area contributed by atoms with Gasteiger partial charge in [0.1, 0.15) is 11.6 Å². The number of amides is 1. The van der Waals surface area contributed by atoms with E-state index in [0.717, 1.165) is 5.56 Å². The third-order valence-corrected chi connectivity index (χ3v) is 5.99. The zero-order valence-corrected chi connectivity index (χ0v) is 18.0. The number of benzene rings is 3. The van der Waals surface area contributed by atoms with Crippen molar-refractivity contribution < 1.29 is 22.3 Å². The Bertz CT molecular complexity index is 1150. The van der Waals surface area contributed by atoms with Crippen LogP contribution >= 0.6 is 0 Å². The topological polar surface area (TPSA) is 75.7 Å². The Morgan fingerprint density at radius 3 is 2.29 bits per heavy atom. The standard InChI is InChI=1S/C23H23FN2O4S/c1-17-7-9-19(10-8-17)25-31(28,29)21-13-11-20(12-14-21)30-16-23(27)26(2)15-18-5-3-4-6-22(18)24/h3-14,25H,15-16H2,1-2H3. The average Bonchev–Trinajstić information content (AvgIpc) is 2.75. The highest BCUT2D eigenvalue weighted by Crippen LogP contribution is 2.20. The van der Waals surface area contributed by atoms with E-state index in [4.69, 9.17) is 4.74 Å². The van der Waals surface area contributed by atoms with Gasteiger partial charge in [-0.15, -0.1) is 0 Å². The molecule has 0 aliphatic carbocycles. The van der Waals surface area contributed by atoms with Gasteiger partial charge in [0.05, 0.1) is 4.90 Å². The number of sulfonamides is 1. The summed E-state index contributed by atoms with van der Waals surface area (Å²) in [6.45, 7) is 1.79. The summed E-state index contributed by atoms with van der Waals surface area (Å²) in [5.41, 5.74) is 1.90. The number of hydrogen-bond donors (Lipinski definition) is 1. The maximum atomic E-state index is 13.7. The Kier molecular flexibility index (Phi) is 6.91. The zero-order chi connectivity index (χ0) is 22.4. The van der Waals surface area contributed by atoms with Crippen LogP contribution in [-0.2, 0) is 21.4 Å². The molecule has 0 heterocycles. The van der Waals surface area contributed by atoms with Crippen molar-refractivity contribution >= 4 is 21.6 Å². The summed E-state index contributed by atoms with van der Waals surface area (Å²) in [5, 5.41) is 0. The first kappa shape index (κ1) is 22.3. The first-order valence-corrected chi connectivity index (χ1v) is 11.0. The molecule has 0 saturated carbocycles. The second-order valence-electron chi connectivity index (χ2n) is 7.07. The largest absolute Gasteiger partial charge is 0.484 e. The van der Waals surface area contributed by atoms with Gasteiger partial charge in [0.25, 0.3) is 15.9 Å². The lowest BCUT2D eigenvalue weighted by Crippen LogP contribution is -2.31. The molecule has 1 amide bonds. The number of halogens is 1. The maximum absolute atomic E-state index is 13.7. The molecular weight excluding hydrogens is 419 g/mol. The Hall–Kier alpha value is -3.39. The lowest BCUT2D eigenvalue weighted by atomic mass is 10.2. The number of likely N-dealkylation sites (N-methyl/N-ethyl adjacent to an activating group) is 1. The molecule has 3 aromatic rings. The van der Waals surface area contributed by atoms with Crippen LogP contribution in [0, 0.1) is 12.7 Å². The predicted octanol–water partition coefficient (Wildman–Crippen LogP) is 3.97. The highest BCUT2D eigenvalue weighted by molar-refractivity contribution is 7.92. The van der Waals surface area contributed by atoms with E-state index < -0.39 is 10.0 Å². The number of ether oxygens (including phenoxy) is 1. The van der Waals surface area contributed by atoms with E-state index in [1.165, 1.54) is 35.2 Å². The minimum atomic E-state index is -3.74. The van der Waals surface area contributed by atoms with Crippen molar-refractivity contribution in [2.75, 3.05) is 18.4 Å². The van der Waals surface area contributed by atoms with E-state index in [2.05, 4.69) is 4.72 Å². The minimum absolute atomic E-state index is 0.0726. The van der Waals surface area contributed by atoms with Crippen molar-refractivity contribution in [3.63, 3.8) is 0 Å². The van der Waals surface area contributed by atoms with E-state index in [1.54, 1.807) is 37.4 Å². The number of carbonyl (C=O) groups is 1. The van der Waals surface area contributed by atoms with Gasteiger partial charge in [0.2, 0.25) is 0 Å². The number of nitrogens with one attached hydrogen (secondary N) is 1. The van der Waals surface area contributed by atoms with E-state index in [1.807, 2.05) is 19.1 Å². The van der Waals surface area contributed by atoms with Gasteiger partial charge in [0.15, 0.2) is 6.61 Å². The van der Waals surface area contributed by atoms with Crippen molar-refractivity contribution in [3.05, 3.63) is 89.7 Å². The molecule has 0 bridgehead atoms. The summed E-state index contributed by atoms with van der Waals surface area (Å²) < 4.78 is 46.7. The summed E-state index contributed by atoms with van der Waals surface area (Å²) in [6.07, 6.45) is 0. The molecule has 0 unspecified atom stereocenters. The molecule has 1 N–H and O–H groups in total. The van der Waals surface area contributed by atoms with E-state index >= 15 is 0 Å². The third kappa shape index (κ3) is 6.05. The lowest BCUT2D eigenvalue weighted by molar-refractivity contribution is -0.132. The second kappa shape index (κ2) is 9.61. The van der Waals surface area contributed by atoms with Crippen molar-refractivity contribution in [2.45, 2.75) is 18.4 Å². The van der Waals surface area contributed by atoms with Crippen LogP contribution in [0.4, 0.5) is 10.1 Å². The molecule has 0 atom stereocenters. The van der Waals surface area contributed by atoms with Crippen LogP contribution in [-0.4, -0.2) is 32.9 Å². The number of nitrogens with zero attached hydrogens (tertiary/aromatic N) is 1. The fourth-order valence-electron chi connectivity index (χ4n) is 2.78. The van der Waals surface area contributed by atoms with Gasteiger partial charge in [-0.05, 0) is 49.4 Å². The van der Waals surface area contributed by atoms with Gasteiger partial charge >= 0.3 is 0 Å². The molecule has 0 spiro atoms.